The zero-order valence-electron chi connectivity index (χ0n) is 20.9. The first-order chi connectivity index (χ1) is 19.5. The maximum atomic E-state index is 13.6. The SMILES string of the molecule is N#Cc1ccc(-n2c3ccccc3c3ccc(-c4cc(C(F)(F)F)cc(C(F)(F)F)c4)cc32)cc1-c1ccncc1. The average molecular weight is 557 g/mol. The summed E-state index contributed by atoms with van der Waals surface area (Å²) in [6.45, 7) is 0. The number of para-hydroxylation sites is 1. The number of hydrogen-bond donors (Lipinski definition) is 0. The number of aromatic nitrogens is 2. The van der Waals surface area contributed by atoms with Crippen LogP contribution in [0.3, 0.4) is 0 Å². The van der Waals surface area contributed by atoms with E-state index in [4.69, 9.17) is 0 Å². The molecular weight excluding hydrogens is 540 g/mol. The van der Waals surface area contributed by atoms with Crippen molar-refractivity contribution in [2.75, 3.05) is 0 Å². The van der Waals surface area contributed by atoms with Gasteiger partial charge in [-0.3, -0.25) is 4.98 Å². The molecule has 6 aromatic rings. The van der Waals surface area contributed by atoms with Crippen LogP contribution in [0.2, 0.25) is 0 Å². The van der Waals surface area contributed by atoms with Crippen molar-refractivity contribution in [3.8, 4) is 34.0 Å². The Hall–Kier alpha value is -5.10. The minimum atomic E-state index is -4.96. The Morgan fingerprint density at radius 3 is 1.93 bits per heavy atom. The third kappa shape index (κ3) is 4.67. The molecule has 0 saturated heterocycles. The molecule has 0 unspecified atom stereocenters. The molecule has 202 valence electrons. The highest BCUT2D eigenvalue weighted by molar-refractivity contribution is 6.10. The summed E-state index contributed by atoms with van der Waals surface area (Å²) in [6.07, 6.45) is -6.69. The Kier molecular flexibility index (Phi) is 6.07. The molecule has 4 aromatic carbocycles. The van der Waals surface area contributed by atoms with Crippen molar-refractivity contribution in [2.45, 2.75) is 12.4 Å². The van der Waals surface area contributed by atoms with Gasteiger partial charge in [0.15, 0.2) is 0 Å². The maximum Gasteiger partial charge on any atom is 0.416 e. The largest absolute Gasteiger partial charge is 0.416 e. The molecule has 0 aliphatic heterocycles. The summed E-state index contributed by atoms with van der Waals surface area (Å²) in [4.78, 5) is 4.03. The van der Waals surface area contributed by atoms with Crippen LogP contribution in [0.15, 0.2) is 103 Å². The van der Waals surface area contributed by atoms with E-state index in [-0.39, 0.29) is 17.2 Å². The quantitative estimate of drug-likeness (QED) is 0.204. The number of alkyl halides is 6. The van der Waals surface area contributed by atoms with Gasteiger partial charge in [-0.2, -0.15) is 31.6 Å². The minimum Gasteiger partial charge on any atom is -0.309 e. The zero-order chi connectivity index (χ0) is 28.9. The second kappa shape index (κ2) is 9.52. The second-order valence-corrected chi connectivity index (χ2v) is 9.46. The van der Waals surface area contributed by atoms with Crippen LogP contribution in [-0.2, 0) is 12.4 Å². The lowest BCUT2D eigenvalue weighted by Gasteiger charge is -2.15. The van der Waals surface area contributed by atoms with Crippen LogP contribution in [-0.4, -0.2) is 9.55 Å². The first kappa shape index (κ1) is 26.1. The molecule has 0 bridgehead atoms. The Morgan fingerprint density at radius 1 is 0.610 bits per heavy atom. The van der Waals surface area contributed by atoms with E-state index in [9.17, 15) is 31.6 Å². The number of nitrogens with zero attached hydrogens (tertiary/aromatic N) is 3. The van der Waals surface area contributed by atoms with Gasteiger partial charge in [-0.15, -0.1) is 0 Å². The van der Waals surface area contributed by atoms with Crippen LogP contribution in [0.5, 0.6) is 0 Å². The predicted octanol–water partition coefficient (Wildman–Crippen LogP) is 9.42. The van der Waals surface area contributed by atoms with Gasteiger partial charge in [0.2, 0.25) is 0 Å². The van der Waals surface area contributed by atoms with Crippen LogP contribution in [0, 0.1) is 11.3 Å². The molecule has 3 nitrogen and oxygen atoms in total. The van der Waals surface area contributed by atoms with Gasteiger partial charge in [0.1, 0.15) is 0 Å². The molecule has 41 heavy (non-hydrogen) atoms. The molecule has 0 N–H and O–H groups in total. The Balaban J connectivity index is 1.62. The van der Waals surface area contributed by atoms with E-state index >= 15 is 0 Å². The third-order valence-electron chi connectivity index (χ3n) is 6.97. The summed E-state index contributed by atoms with van der Waals surface area (Å²) < 4.78 is 83.3. The van der Waals surface area contributed by atoms with E-state index in [2.05, 4.69) is 11.1 Å². The molecule has 0 saturated carbocycles. The first-order valence-corrected chi connectivity index (χ1v) is 12.3. The van der Waals surface area contributed by atoms with Crippen LogP contribution in [0.4, 0.5) is 26.3 Å². The third-order valence-corrected chi connectivity index (χ3v) is 6.97. The molecule has 0 atom stereocenters. The highest BCUT2D eigenvalue weighted by Gasteiger charge is 2.37. The lowest BCUT2D eigenvalue weighted by Crippen LogP contribution is -2.11. The number of fused-ring (bicyclic) bond motifs is 3. The summed E-state index contributed by atoms with van der Waals surface area (Å²) in [5, 5.41) is 11.4. The summed E-state index contributed by atoms with van der Waals surface area (Å²) in [5.41, 5.74) is 1.12. The monoisotopic (exact) mass is 557 g/mol. The molecule has 9 heteroatoms. The summed E-state index contributed by atoms with van der Waals surface area (Å²) in [6, 6.07) is 24.9. The fourth-order valence-corrected chi connectivity index (χ4v) is 5.09. The van der Waals surface area contributed by atoms with Crippen molar-refractivity contribution in [2.24, 2.45) is 0 Å². The maximum absolute atomic E-state index is 13.6. The first-order valence-electron chi connectivity index (χ1n) is 12.3. The fourth-order valence-electron chi connectivity index (χ4n) is 5.09. The van der Waals surface area contributed by atoms with Gasteiger partial charge in [-0.25, -0.2) is 0 Å². The van der Waals surface area contributed by atoms with Gasteiger partial charge >= 0.3 is 12.4 Å². The van der Waals surface area contributed by atoms with E-state index < -0.39 is 23.5 Å². The van der Waals surface area contributed by atoms with Crippen molar-refractivity contribution in [1.82, 2.24) is 9.55 Å². The van der Waals surface area contributed by atoms with E-state index in [1.165, 1.54) is 6.07 Å². The smallest absolute Gasteiger partial charge is 0.309 e. The number of hydrogen-bond acceptors (Lipinski definition) is 2. The van der Waals surface area contributed by atoms with Crippen molar-refractivity contribution < 1.29 is 26.3 Å². The van der Waals surface area contributed by atoms with Gasteiger partial charge in [-0.1, -0.05) is 30.3 Å². The topological polar surface area (TPSA) is 41.6 Å². The predicted molar refractivity (Wildman–Crippen MR) is 144 cm³/mol. The number of halogens is 6. The molecule has 6 rings (SSSR count). The molecule has 0 aliphatic carbocycles. The molecule has 0 amide bonds. The minimum absolute atomic E-state index is 0.121. The van der Waals surface area contributed by atoms with E-state index in [1.807, 2.05) is 34.9 Å². The Bertz CT molecular complexity index is 1950. The fraction of sp³-hybridized carbons (Fsp3) is 0.0625. The van der Waals surface area contributed by atoms with E-state index in [1.54, 1.807) is 48.8 Å². The van der Waals surface area contributed by atoms with Crippen molar-refractivity contribution in [3.63, 3.8) is 0 Å². The van der Waals surface area contributed by atoms with Gasteiger partial charge in [0.05, 0.1) is 33.8 Å². The zero-order valence-corrected chi connectivity index (χ0v) is 20.9. The van der Waals surface area contributed by atoms with Gasteiger partial charge in [0.25, 0.3) is 0 Å². The van der Waals surface area contributed by atoms with Gasteiger partial charge < -0.3 is 4.57 Å². The van der Waals surface area contributed by atoms with Crippen LogP contribution in [0.1, 0.15) is 16.7 Å². The molecule has 2 heterocycles. The van der Waals surface area contributed by atoms with Crippen LogP contribution in [0.25, 0.3) is 49.7 Å². The highest BCUT2D eigenvalue weighted by atomic mass is 19.4. The lowest BCUT2D eigenvalue weighted by molar-refractivity contribution is -0.143. The second-order valence-electron chi connectivity index (χ2n) is 9.46. The summed E-state index contributed by atoms with van der Waals surface area (Å²) in [7, 11) is 0. The molecule has 0 radical (unpaired) electrons. The molecule has 2 aromatic heterocycles. The Labute approximate surface area is 229 Å². The summed E-state index contributed by atoms with van der Waals surface area (Å²) in [5.74, 6) is 0. The summed E-state index contributed by atoms with van der Waals surface area (Å²) >= 11 is 0. The van der Waals surface area contributed by atoms with Crippen LogP contribution >= 0.6 is 0 Å². The van der Waals surface area contributed by atoms with E-state index in [0.29, 0.717) is 22.3 Å². The van der Waals surface area contributed by atoms with Crippen molar-refractivity contribution in [1.29, 1.82) is 5.26 Å². The highest BCUT2D eigenvalue weighted by Crippen LogP contribution is 2.41. The van der Waals surface area contributed by atoms with Crippen molar-refractivity contribution >= 4 is 21.8 Å². The number of rotatable bonds is 3. The van der Waals surface area contributed by atoms with Gasteiger partial charge in [0, 0.05) is 34.4 Å². The Morgan fingerprint density at radius 2 is 1.27 bits per heavy atom. The van der Waals surface area contributed by atoms with Crippen molar-refractivity contribution in [3.05, 3.63) is 120 Å². The molecule has 0 aliphatic rings. The average Bonchev–Trinajstić information content (AvgIpc) is 3.30. The number of benzene rings is 4. The number of nitriles is 1. The number of pyridine rings is 1. The molecule has 0 spiro atoms. The standard InChI is InChI=1S/C32H17F6N3/c33-31(34,35)23-13-22(14-24(16-23)32(36,37)38)20-6-8-27-26-3-1-2-4-29(26)41(30(27)15-20)25-7-5-21(18-39)28(17-25)19-9-11-40-12-10-19/h1-17H. The molecular formula is C32H17F6N3. The molecule has 0 fully saturated rings. The normalized spacial score (nSPS) is 12.1. The van der Waals surface area contributed by atoms with Crippen LogP contribution < -0.4 is 0 Å². The van der Waals surface area contributed by atoms with E-state index in [0.717, 1.165) is 34.0 Å². The van der Waals surface area contributed by atoms with Gasteiger partial charge in [-0.05, 0) is 77.4 Å². The lowest BCUT2D eigenvalue weighted by atomic mass is 9.98.